The van der Waals surface area contributed by atoms with Crippen molar-refractivity contribution in [2.45, 2.75) is 11.3 Å². The Balaban J connectivity index is 1.76. The van der Waals surface area contributed by atoms with Crippen molar-refractivity contribution in [1.82, 2.24) is 9.62 Å². The second kappa shape index (κ2) is 6.60. The highest BCUT2D eigenvalue weighted by molar-refractivity contribution is 7.89. The average molecular weight is 316 g/mol. The van der Waals surface area contributed by atoms with Crippen molar-refractivity contribution >= 4 is 10.0 Å². The number of nitrogens with zero attached hydrogens (tertiary/aromatic N) is 1. The lowest BCUT2D eigenvalue weighted by molar-refractivity contribution is 0.360. The molecule has 3 rings (SSSR count). The minimum Gasteiger partial charge on any atom is -0.314 e. The van der Waals surface area contributed by atoms with Crippen LogP contribution in [0.1, 0.15) is 11.1 Å². The topological polar surface area (TPSA) is 49.4 Å². The lowest BCUT2D eigenvalue weighted by Gasteiger charge is -2.26. The van der Waals surface area contributed by atoms with E-state index in [1.54, 1.807) is 16.4 Å². The molecule has 1 fully saturated rings. The molecule has 1 N–H and O–H groups in total. The number of sulfonamides is 1. The van der Waals surface area contributed by atoms with Crippen molar-refractivity contribution in [1.29, 1.82) is 0 Å². The summed E-state index contributed by atoms with van der Waals surface area (Å²) in [6.45, 7) is 2.50. The van der Waals surface area contributed by atoms with Crippen LogP contribution in [-0.4, -0.2) is 38.9 Å². The quantitative estimate of drug-likeness (QED) is 0.937. The molecule has 0 atom stereocenters. The lowest BCUT2D eigenvalue weighted by atomic mass is 10.1. The second-order valence-electron chi connectivity index (χ2n) is 5.46. The Kier molecular flexibility index (Phi) is 4.57. The Bertz CT molecular complexity index is 706. The number of piperazine rings is 1. The van der Waals surface area contributed by atoms with E-state index >= 15 is 0 Å². The largest absolute Gasteiger partial charge is 0.314 e. The van der Waals surface area contributed by atoms with E-state index in [0.29, 0.717) is 31.1 Å². The zero-order valence-electron chi connectivity index (χ0n) is 12.4. The fourth-order valence-corrected chi connectivity index (χ4v) is 4.09. The molecule has 1 aliphatic heterocycles. The van der Waals surface area contributed by atoms with Crippen LogP contribution < -0.4 is 5.32 Å². The Hall–Kier alpha value is -1.69. The molecular formula is C17H20N2O2S. The van der Waals surface area contributed by atoms with E-state index in [9.17, 15) is 8.42 Å². The number of hydrogen-bond acceptors (Lipinski definition) is 3. The minimum absolute atomic E-state index is 0.381. The summed E-state index contributed by atoms with van der Waals surface area (Å²) in [5.74, 6) is 0. The molecule has 0 saturated carbocycles. The van der Waals surface area contributed by atoms with Crippen molar-refractivity contribution < 1.29 is 8.42 Å². The molecule has 0 aliphatic carbocycles. The second-order valence-corrected chi connectivity index (χ2v) is 7.40. The first-order valence-electron chi connectivity index (χ1n) is 7.50. The summed E-state index contributed by atoms with van der Waals surface area (Å²) in [6, 6.07) is 17.4. The Labute approximate surface area is 131 Å². The number of benzene rings is 2. The fourth-order valence-electron chi connectivity index (χ4n) is 2.64. The van der Waals surface area contributed by atoms with Gasteiger partial charge in [0.05, 0.1) is 4.90 Å². The van der Waals surface area contributed by atoms with Crippen molar-refractivity contribution in [3.63, 3.8) is 0 Å². The molecule has 22 heavy (non-hydrogen) atoms. The standard InChI is InChI=1S/C17H20N2O2S/c20-22(21,19-12-10-18-11-13-19)17-8-6-16(7-9-17)14-15-4-2-1-3-5-15/h1-9,18H,10-14H2. The van der Waals surface area contributed by atoms with Crippen LogP contribution >= 0.6 is 0 Å². The van der Waals surface area contributed by atoms with Gasteiger partial charge in [0.1, 0.15) is 0 Å². The predicted molar refractivity (Wildman–Crippen MR) is 87.3 cm³/mol. The van der Waals surface area contributed by atoms with Gasteiger partial charge in [0.15, 0.2) is 0 Å². The summed E-state index contributed by atoms with van der Waals surface area (Å²) in [5.41, 5.74) is 2.34. The highest BCUT2D eigenvalue weighted by Crippen LogP contribution is 2.18. The van der Waals surface area contributed by atoms with Crippen molar-refractivity contribution in [2.24, 2.45) is 0 Å². The van der Waals surface area contributed by atoms with Gasteiger partial charge in [-0.3, -0.25) is 0 Å². The van der Waals surface area contributed by atoms with Crippen LogP contribution in [0.3, 0.4) is 0 Å². The summed E-state index contributed by atoms with van der Waals surface area (Å²) in [7, 11) is -3.36. The number of nitrogens with one attached hydrogen (secondary N) is 1. The van der Waals surface area contributed by atoms with Crippen LogP contribution in [0.4, 0.5) is 0 Å². The lowest BCUT2D eigenvalue weighted by Crippen LogP contribution is -2.46. The van der Waals surface area contributed by atoms with Crippen LogP contribution in [-0.2, 0) is 16.4 Å². The first-order chi connectivity index (χ1) is 10.7. The molecule has 2 aromatic rings. The van der Waals surface area contributed by atoms with Crippen molar-refractivity contribution in [3.05, 3.63) is 65.7 Å². The summed E-state index contributed by atoms with van der Waals surface area (Å²) in [4.78, 5) is 0.381. The van der Waals surface area contributed by atoms with Gasteiger partial charge >= 0.3 is 0 Å². The minimum atomic E-state index is -3.36. The first-order valence-corrected chi connectivity index (χ1v) is 8.94. The van der Waals surface area contributed by atoms with E-state index in [0.717, 1.165) is 12.0 Å². The third-order valence-corrected chi connectivity index (χ3v) is 5.80. The smallest absolute Gasteiger partial charge is 0.243 e. The number of hydrogen-bond donors (Lipinski definition) is 1. The van der Waals surface area contributed by atoms with Gasteiger partial charge in [0.2, 0.25) is 10.0 Å². The van der Waals surface area contributed by atoms with Crippen molar-refractivity contribution in [3.8, 4) is 0 Å². The zero-order valence-corrected chi connectivity index (χ0v) is 13.2. The third-order valence-electron chi connectivity index (χ3n) is 3.89. The van der Waals surface area contributed by atoms with E-state index in [2.05, 4.69) is 17.4 Å². The monoisotopic (exact) mass is 316 g/mol. The van der Waals surface area contributed by atoms with Crippen LogP contribution in [0.5, 0.6) is 0 Å². The molecule has 5 heteroatoms. The van der Waals surface area contributed by atoms with E-state index in [1.165, 1.54) is 5.56 Å². The molecule has 1 aliphatic rings. The molecule has 0 amide bonds. The van der Waals surface area contributed by atoms with E-state index in [4.69, 9.17) is 0 Å². The Morgan fingerprint density at radius 1 is 0.864 bits per heavy atom. The molecule has 4 nitrogen and oxygen atoms in total. The van der Waals surface area contributed by atoms with Gasteiger partial charge in [-0.15, -0.1) is 0 Å². The van der Waals surface area contributed by atoms with E-state index < -0.39 is 10.0 Å². The maximum absolute atomic E-state index is 12.6. The molecule has 0 unspecified atom stereocenters. The van der Waals surface area contributed by atoms with Gasteiger partial charge in [0, 0.05) is 26.2 Å². The van der Waals surface area contributed by atoms with Crippen molar-refractivity contribution in [2.75, 3.05) is 26.2 Å². The van der Waals surface area contributed by atoms with Gasteiger partial charge in [-0.1, -0.05) is 42.5 Å². The van der Waals surface area contributed by atoms with E-state index in [1.807, 2.05) is 30.3 Å². The molecule has 0 aromatic heterocycles. The molecule has 2 aromatic carbocycles. The van der Waals surface area contributed by atoms with Crippen LogP contribution in [0.2, 0.25) is 0 Å². The molecule has 0 spiro atoms. The van der Waals surface area contributed by atoms with Gasteiger partial charge < -0.3 is 5.32 Å². The summed E-state index contributed by atoms with van der Waals surface area (Å²) in [5, 5.41) is 3.17. The SMILES string of the molecule is O=S(=O)(c1ccc(Cc2ccccc2)cc1)N1CCNCC1. The fraction of sp³-hybridized carbons (Fsp3) is 0.294. The maximum Gasteiger partial charge on any atom is 0.243 e. The summed E-state index contributed by atoms with van der Waals surface area (Å²) in [6.07, 6.45) is 0.814. The predicted octanol–water partition coefficient (Wildman–Crippen LogP) is 1.87. The highest BCUT2D eigenvalue weighted by atomic mass is 32.2. The summed E-state index contributed by atoms with van der Waals surface area (Å²) >= 11 is 0. The summed E-state index contributed by atoms with van der Waals surface area (Å²) < 4.78 is 26.7. The molecule has 0 radical (unpaired) electrons. The highest BCUT2D eigenvalue weighted by Gasteiger charge is 2.25. The molecule has 1 saturated heterocycles. The number of rotatable bonds is 4. The van der Waals surface area contributed by atoms with Crippen LogP contribution in [0.25, 0.3) is 0 Å². The van der Waals surface area contributed by atoms with Gasteiger partial charge in [0.25, 0.3) is 0 Å². The molecule has 116 valence electrons. The molecule has 0 bridgehead atoms. The third kappa shape index (κ3) is 3.38. The zero-order chi connectivity index (χ0) is 15.4. The van der Waals surface area contributed by atoms with Gasteiger partial charge in [-0.05, 0) is 29.7 Å². The molecule has 1 heterocycles. The van der Waals surface area contributed by atoms with Gasteiger partial charge in [-0.2, -0.15) is 4.31 Å². The first kappa shape index (κ1) is 15.2. The maximum atomic E-state index is 12.6. The Morgan fingerprint density at radius 2 is 1.45 bits per heavy atom. The average Bonchev–Trinajstić information content (AvgIpc) is 2.57. The van der Waals surface area contributed by atoms with Gasteiger partial charge in [-0.25, -0.2) is 8.42 Å². The van der Waals surface area contributed by atoms with Crippen LogP contribution in [0, 0.1) is 0 Å². The van der Waals surface area contributed by atoms with E-state index in [-0.39, 0.29) is 0 Å². The normalized spacial score (nSPS) is 16.5. The Morgan fingerprint density at radius 3 is 2.09 bits per heavy atom. The molecular weight excluding hydrogens is 296 g/mol. The van der Waals surface area contributed by atoms with Crippen LogP contribution in [0.15, 0.2) is 59.5 Å².